The molecule has 0 saturated carbocycles. The lowest BCUT2D eigenvalue weighted by Gasteiger charge is -2.03. The van der Waals surface area contributed by atoms with Crippen LogP contribution in [0.4, 0.5) is 0 Å². The molecule has 0 bridgehead atoms. The van der Waals surface area contributed by atoms with Crippen LogP contribution in [0.1, 0.15) is 18.2 Å². The first-order valence-electron chi connectivity index (χ1n) is 8.48. The van der Waals surface area contributed by atoms with Gasteiger partial charge < -0.3 is 9.55 Å². The van der Waals surface area contributed by atoms with E-state index < -0.39 is 11.2 Å². The summed E-state index contributed by atoms with van der Waals surface area (Å²) in [7, 11) is 0. The molecular formula is C20H18N4O2. The molecule has 0 spiro atoms. The lowest BCUT2D eigenvalue weighted by atomic mass is 10.1. The van der Waals surface area contributed by atoms with E-state index in [0.29, 0.717) is 10.9 Å². The number of aromatic amines is 1. The molecule has 0 amide bonds. The summed E-state index contributed by atoms with van der Waals surface area (Å²) in [5.41, 5.74) is 2.57. The average Bonchev–Trinajstić information content (AvgIpc) is 2.92. The zero-order valence-corrected chi connectivity index (χ0v) is 14.6. The average molecular weight is 346 g/mol. The lowest BCUT2D eigenvalue weighted by molar-refractivity contribution is 0.764. The van der Waals surface area contributed by atoms with E-state index in [1.54, 1.807) is 30.5 Å². The Kier molecular flexibility index (Phi) is 3.80. The summed E-state index contributed by atoms with van der Waals surface area (Å²) in [5, 5.41) is 5.68. The molecule has 26 heavy (non-hydrogen) atoms. The van der Waals surface area contributed by atoms with Gasteiger partial charge in [0.1, 0.15) is 0 Å². The van der Waals surface area contributed by atoms with Crippen molar-refractivity contribution in [2.75, 3.05) is 0 Å². The fraction of sp³-hybridized carbons (Fsp3) is 0.150. The van der Waals surface area contributed by atoms with E-state index in [-0.39, 0.29) is 0 Å². The minimum Gasteiger partial charge on any atom is -0.344 e. The van der Waals surface area contributed by atoms with Gasteiger partial charge in [-0.15, -0.1) is 4.68 Å². The third kappa shape index (κ3) is 2.38. The minimum atomic E-state index is -0.554. The van der Waals surface area contributed by atoms with Crippen molar-refractivity contribution in [1.82, 2.24) is 14.2 Å². The van der Waals surface area contributed by atoms with Gasteiger partial charge in [-0.25, -0.2) is 4.79 Å². The Morgan fingerprint density at radius 3 is 2.50 bits per heavy atom. The van der Waals surface area contributed by atoms with Crippen LogP contribution < -0.4 is 11.2 Å². The molecule has 0 unspecified atom stereocenters. The number of nitrogens with zero attached hydrogens (tertiary/aromatic N) is 3. The van der Waals surface area contributed by atoms with E-state index in [1.165, 1.54) is 0 Å². The highest BCUT2D eigenvalue weighted by Gasteiger charge is 2.12. The predicted octanol–water partition coefficient (Wildman–Crippen LogP) is 2.86. The molecule has 0 fully saturated rings. The fourth-order valence-electron chi connectivity index (χ4n) is 3.40. The van der Waals surface area contributed by atoms with Gasteiger partial charge in [0.15, 0.2) is 0 Å². The number of aryl methyl sites for hydroxylation is 1. The molecule has 130 valence electrons. The quantitative estimate of drug-likeness (QED) is 0.579. The number of rotatable bonds is 3. The van der Waals surface area contributed by atoms with E-state index >= 15 is 0 Å². The maximum atomic E-state index is 12.6. The van der Waals surface area contributed by atoms with Gasteiger partial charge in [0.25, 0.3) is 5.56 Å². The van der Waals surface area contributed by atoms with Crippen molar-refractivity contribution in [1.29, 1.82) is 0 Å². The Bertz CT molecular complexity index is 1270. The van der Waals surface area contributed by atoms with Crippen LogP contribution in [0.25, 0.3) is 21.8 Å². The second-order valence-corrected chi connectivity index (χ2v) is 6.10. The number of aromatic nitrogens is 3. The largest absolute Gasteiger partial charge is 0.349 e. The van der Waals surface area contributed by atoms with Crippen LogP contribution in [0, 0.1) is 6.92 Å². The zero-order valence-electron chi connectivity index (χ0n) is 14.6. The molecule has 4 aromatic rings. The standard InChI is InChI=1S/C20H18N4O2/c1-3-23-13(2)16(14-8-5-7-11-18(14)23)12-21-24-19(25)15-9-4-6-10-17(15)22-20(24)26/h4-12H,3H2,1-2H3,(H,22,26). The van der Waals surface area contributed by atoms with Gasteiger partial charge in [-0.2, -0.15) is 5.10 Å². The highest BCUT2D eigenvalue weighted by atomic mass is 16.2. The number of fused-ring (bicyclic) bond motifs is 2. The summed E-state index contributed by atoms with van der Waals surface area (Å²) in [4.78, 5) is 27.6. The summed E-state index contributed by atoms with van der Waals surface area (Å²) in [5.74, 6) is 0. The normalized spacial score (nSPS) is 11.8. The first-order valence-corrected chi connectivity index (χ1v) is 8.48. The van der Waals surface area contributed by atoms with Gasteiger partial charge >= 0.3 is 5.69 Å². The summed E-state index contributed by atoms with van der Waals surface area (Å²) in [6, 6.07) is 14.9. The molecule has 0 saturated heterocycles. The Morgan fingerprint density at radius 1 is 1.04 bits per heavy atom. The van der Waals surface area contributed by atoms with Crippen LogP contribution in [0.3, 0.4) is 0 Å². The monoisotopic (exact) mass is 346 g/mol. The number of hydrogen-bond donors (Lipinski definition) is 1. The number of hydrogen-bond acceptors (Lipinski definition) is 3. The highest BCUT2D eigenvalue weighted by Crippen LogP contribution is 2.24. The number of para-hydroxylation sites is 2. The van der Waals surface area contributed by atoms with Crippen molar-refractivity contribution in [3.8, 4) is 0 Å². The molecule has 2 heterocycles. The van der Waals surface area contributed by atoms with Crippen LogP contribution in [0.5, 0.6) is 0 Å². The fourth-order valence-corrected chi connectivity index (χ4v) is 3.40. The third-order valence-electron chi connectivity index (χ3n) is 4.68. The number of nitrogens with one attached hydrogen (secondary N) is 1. The molecule has 2 aromatic carbocycles. The Labute approximate surface area is 149 Å². The summed E-state index contributed by atoms with van der Waals surface area (Å²) >= 11 is 0. The summed E-state index contributed by atoms with van der Waals surface area (Å²) < 4.78 is 3.06. The van der Waals surface area contributed by atoms with Gasteiger partial charge in [0, 0.05) is 28.7 Å². The lowest BCUT2D eigenvalue weighted by Crippen LogP contribution is -2.32. The Balaban J connectivity index is 1.92. The molecule has 0 aliphatic rings. The van der Waals surface area contributed by atoms with Crippen LogP contribution in [0.2, 0.25) is 0 Å². The molecular weight excluding hydrogens is 328 g/mol. The van der Waals surface area contributed by atoms with Crippen molar-refractivity contribution in [2.45, 2.75) is 20.4 Å². The van der Waals surface area contributed by atoms with Crippen molar-refractivity contribution >= 4 is 28.0 Å². The van der Waals surface area contributed by atoms with Crippen LogP contribution in [0.15, 0.2) is 63.2 Å². The SMILES string of the molecule is CCn1c(C)c(C=Nn2c(=O)[nH]c3ccccc3c2=O)c2ccccc21. The van der Waals surface area contributed by atoms with Gasteiger partial charge in [0.2, 0.25) is 0 Å². The minimum absolute atomic E-state index is 0.428. The molecule has 0 atom stereocenters. The van der Waals surface area contributed by atoms with Crippen molar-refractivity contribution < 1.29 is 0 Å². The van der Waals surface area contributed by atoms with E-state index in [9.17, 15) is 9.59 Å². The smallest absolute Gasteiger partial charge is 0.344 e. The van der Waals surface area contributed by atoms with Gasteiger partial charge in [0.05, 0.1) is 17.1 Å². The topological polar surface area (TPSA) is 72.2 Å². The van der Waals surface area contributed by atoms with Gasteiger partial charge in [-0.05, 0) is 32.0 Å². The van der Waals surface area contributed by atoms with E-state index in [0.717, 1.165) is 33.4 Å². The number of H-pyrrole nitrogens is 1. The second-order valence-electron chi connectivity index (χ2n) is 6.10. The molecule has 6 heteroatoms. The Hall–Kier alpha value is -3.41. The zero-order chi connectivity index (χ0) is 18.3. The first kappa shape index (κ1) is 16.1. The summed E-state index contributed by atoms with van der Waals surface area (Å²) in [6.45, 7) is 4.92. The molecule has 2 aromatic heterocycles. The van der Waals surface area contributed by atoms with Crippen molar-refractivity contribution in [2.24, 2.45) is 5.10 Å². The molecule has 0 radical (unpaired) electrons. The highest BCUT2D eigenvalue weighted by molar-refractivity contribution is 6.01. The van der Waals surface area contributed by atoms with Gasteiger partial charge in [-0.3, -0.25) is 4.79 Å². The van der Waals surface area contributed by atoms with E-state index in [4.69, 9.17) is 0 Å². The van der Waals surface area contributed by atoms with Crippen molar-refractivity contribution in [3.63, 3.8) is 0 Å². The summed E-state index contributed by atoms with van der Waals surface area (Å²) in [6.07, 6.45) is 1.59. The molecule has 6 nitrogen and oxygen atoms in total. The van der Waals surface area contributed by atoms with Crippen LogP contribution in [-0.2, 0) is 6.54 Å². The van der Waals surface area contributed by atoms with Gasteiger partial charge in [-0.1, -0.05) is 30.3 Å². The second kappa shape index (κ2) is 6.15. The maximum absolute atomic E-state index is 12.6. The van der Waals surface area contributed by atoms with Crippen molar-refractivity contribution in [3.05, 3.63) is 80.6 Å². The molecule has 0 aliphatic carbocycles. The third-order valence-corrected chi connectivity index (χ3v) is 4.68. The molecule has 4 rings (SSSR count). The first-order chi connectivity index (χ1) is 12.6. The number of benzene rings is 2. The maximum Gasteiger partial charge on any atom is 0.349 e. The van der Waals surface area contributed by atoms with E-state index in [2.05, 4.69) is 27.6 Å². The Morgan fingerprint density at radius 2 is 1.73 bits per heavy atom. The molecule has 0 aliphatic heterocycles. The van der Waals surface area contributed by atoms with E-state index in [1.807, 2.05) is 25.1 Å². The molecule has 1 N–H and O–H groups in total. The van der Waals surface area contributed by atoms with Crippen LogP contribution >= 0.6 is 0 Å². The van der Waals surface area contributed by atoms with Crippen LogP contribution in [-0.4, -0.2) is 20.4 Å². The predicted molar refractivity (Wildman–Crippen MR) is 104 cm³/mol.